The maximum atomic E-state index is 3.92. The first-order valence-corrected chi connectivity index (χ1v) is 14.8. The smallest absolute Gasteiger partial charge is 0.137 e. The lowest BCUT2D eigenvalue weighted by atomic mass is 10.1. The molecule has 0 amide bonds. The average molecular weight is 564 g/mol. The summed E-state index contributed by atoms with van der Waals surface area (Å²) in [5.74, 6) is 0.567. The van der Waals surface area contributed by atoms with Gasteiger partial charge in [-0.15, -0.1) is 15.3 Å². The van der Waals surface area contributed by atoms with E-state index in [1.807, 2.05) is 72.4 Å². The SMILES string of the molecule is CC.CC.CC.CC.CC(C)C1=NN=CC1.CC(C)n1ccnn1.CC(C)n1cncn1.CC(C)n1cnnc1. The van der Waals surface area contributed by atoms with Crippen molar-refractivity contribution < 1.29 is 0 Å². The van der Waals surface area contributed by atoms with Crippen LogP contribution in [-0.4, -0.2) is 56.4 Å². The van der Waals surface area contributed by atoms with E-state index in [1.54, 1.807) is 40.9 Å². The van der Waals surface area contributed by atoms with Gasteiger partial charge in [-0.3, -0.25) is 9.36 Å². The zero-order chi connectivity index (χ0) is 31.9. The molecule has 0 radical (unpaired) electrons. The second-order valence-corrected chi connectivity index (χ2v) is 8.20. The molecule has 4 heterocycles. The van der Waals surface area contributed by atoms with Crippen molar-refractivity contribution in [3.05, 3.63) is 37.7 Å². The lowest BCUT2D eigenvalue weighted by molar-refractivity contribution is 0.514. The van der Waals surface area contributed by atoms with Gasteiger partial charge in [0.05, 0.1) is 6.20 Å². The van der Waals surface area contributed by atoms with Gasteiger partial charge in [0.15, 0.2) is 0 Å². The topological polar surface area (TPSA) is 117 Å². The van der Waals surface area contributed by atoms with Crippen LogP contribution in [0, 0.1) is 5.92 Å². The Balaban J connectivity index is -0.000000199. The molecule has 0 spiro atoms. The molecule has 0 N–H and O–H groups in total. The van der Waals surface area contributed by atoms with Gasteiger partial charge in [-0.05, 0) is 47.5 Å². The van der Waals surface area contributed by atoms with E-state index >= 15 is 0 Å². The first-order valence-electron chi connectivity index (χ1n) is 14.8. The van der Waals surface area contributed by atoms with Crippen molar-refractivity contribution in [1.29, 1.82) is 0 Å². The molecule has 1 aliphatic rings. The Kier molecular flexibility index (Phi) is 35.0. The van der Waals surface area contributed by atoms with Crippen molar-refractivity contribution in [3.8, 4) is 0 Å². The predicted molar refractivity (Wildman–Crippen MR) is 172 cm³/mol. The molecule has 40 heavy (non-hydrogen) atoms. The van der Waals surface area contributed by atoms with Crippen molar-refractivity contribution >= 4 is 11.9 Å². The Morgan fingerprint density at radius 3 is 1.38 bits per heavy atom. The lowest BCUT2D eigenvalue weighted by Gasteiger charge is -2.01. The summed E-state index contributed by atoms with van der Waals surface area (Å²) < 4.78 is 5.56. The van der Waals surface area contributed by atoms with Crippen LogP contribution in [0.25, 0.3) is 0 Å². The first kappa shape index (κ1) is 43.8. The molecule has 0 bridgehead atoms. The highest BCUT2D eigenvalue weighted by Crippen LogP contribution is 2.04. The van der Waals surface area contributed by atoms with Gasteiger partial charge in [-0.25, -0.2) is 4.98 Å². The number of hydrogen-bond donors (Lipinski definition) is 0. The van der Waals surface area contributed by atoms with Crippen LogP contribution in [0.15, 0.2) is 47.9 Å². The third-order valence-electron chi connectivity index (χ3n) is 4.20. The first-order chi connectivity index (χ1) is 19.2. The highest BCUT2D eigenvalue weighted by Gasteiger charge is 2.05. The molecule has 4 rings (SSSR count). The second kappa shape index (κ2) is 32.0. The van der Waals surface area contributed by atoms with Crippen molar-refractivity contribution in [2.24, 2.45) is 16.1 Å². The van der Waals surface area contributed by atoms with Crippen LogP contribution in [0.3, 0.4) is 0 Å². The Morgan fingerprint density at radius 2 is 1.18 bits per heavy atom. The molecule has 0 aliphatic carbocycles. The van der Waals surface area contributed by atoms with E-state index in [-0.39, 0.29) is 0 Å². The molecule has 0 atom stereocenters. The van der Waals surface area contributed by atoms with Crippen molar-refractivity contribution in [1.82, 2.24) is 44.5 Å². The van der Waals surface area contributed by atoms with Gasteiger partial charge in [-0.2, -0.15) is 15.3 Å². The highest BCUT2D eigenvalue weighted by molar-refractivity contribution is 5.99. The molecule has 3 aromatic heterocycles. The number of nitrogens with zero attached hydrogens (tertiary/aromatic N) is 11. The van der Waals surface area contributed by atoms with Gasteiger partial charge < -0.3 is 4.57 Å². The van der Waals surface area contributed by atoms with Crippen LogP contribution in [0.2, 0.25) is 0 Å². The van der Waals surface area contributed by atoms with Crippen LogP contribution in [0.5, 0.6) is 0 Å². The van der Waals surface area contributed by atoms with Crippen LogP contribution >= 0.6 is 0 Å². The standard InChI is InChI=1S/C6H10N2.3C5H9N3.4C2H6/c1-5(2)6-3-4-7-8-6;1-5(2)8-3-6-7-4-8;1-5(2)8-4-6-3-7-8;1-5(2)8-4-3-6-7-8;4*1-2/h4-5H,3H2,1-2H3;3*3-5H,1-2H3;4*1-2H3. The average Bonchev–Trinajstić information content (AvgIpc) is 3.81. The van der Waals surface area contributed by atoms with Crippen LogP contribution in [-0.2, 0) is 0 Å². The summed E-state index contributed by atoms with van der Waals surface area (Å²) in [6.07, 6.45) is 13.0. The summed E-state index contributed by atoms with van der Waals surface area (Å²) in [7, 11) is 0. The summed E-state index contributed by atoms with van der Waals surface area (Å²) >= 11 is 0. The fourth-order valence-corrected chi connectivity index (χ4v) is 2.09. The Morgan fingerprint density at radius 1 is 0.650 bits per heavy atom. The van der Waals surface area contributed by atoms with E-state index in [0.717, 1.165) is 6.42 Å². The van der Waals surface area contributed by atoms with Crippen LogP contribution in [0.1, 0.15) is 135 Å². The maximum Gasteiger partial charge on any atom is 0.137 e. The van der Waals surface area contributed by atoms with Gasteiger partial charge in [0.25, 0.3) is 0 Å². The predicted octanol–water partition coefficient (Wildman–Crippen LogP) is 8.15. The normalized spacial score (nSPS) is 10.3. The van der Waals surface area contributed by atoms with Gasteiger partial charge >= 0.3 is 0 Å². The largest absolute Gasteiger partial charge is 0.318 e. The minimum Gasteiger partial charge on any atom is -0.318 e. The summed E-state index contributed by atoms with van der Waals surface area (Å²) in [6.45, 7) is 32.7. The minimum atomic E-state index is 0.428. The molecule has 0 saturated heterocycles. The summed E-state index contributed by atoms with van der Waals surface area (Å²) in [6, 6.07) is 1.33. The molecular formula is C29H61N11. The minimum absolute atomic E-state index is 0.428. The second-order valence-electron chi connectivity index (χ2n) is 8.20. The van der Waals surface area contributed by atoms with Crippen LogP contribution < -0.4 is 0 Å². The molecular weight excluding hydrogens is 502 g/mol. The van der Waals surface area contributed by atoms with E-state index in [2.05, 4.69) is 96.2 Å². The third kappa shape index (κ3) is 23.8. The van der Waals surface area contributed by atoms with E-state index in [9.17, 15) is 0 Å². The molecule has 3 aromatic rings. The quantitative estimate of drug-likeness (QED) is 0.316. The summed E-state index contributed by atoms with van der Waals surface area (Å²) in [5, 5.41) is 26.3. The summed E-state index contributed by atoms with van der Waals surface area (Å²) in [5.41, 5.74) is 1.20. The molecule has 0 saturated carbocycles. The molecule has 232 valence electrons. The van der Waals surface area contributed by atoms with Gasteiger partial charge in [0.2, 0.25) is 0 Å². The van der Waals surface area contributed by atoms with Crippen molar-refractivity contribution in [2.75, 3.05) is 0 Å². The molecule has 1 aliphatic heterocycles. The van der Waals surface area contributed by atoms with Gasteiger partial charge in [-0.1, -0.05) is 74.5 Å². The number of rotatable bonds is 4. The van der Waals surface area contributed by atoms with E-state index < -0.39 is 0 Å². The van der Waals surface area contributed by atoms with E-state index in [1.165, 1.54) is 5.71 Å². The fraction of sp³-hybridized carbons (Fsp3) is 0.724. The molecule has 0 unspecified atom stereocenters. The van der Waals surface area contributed by atoms with Crippen molar-refractivity contribution in [2.45, 2.75) is 135 Å². The Hall–Kier alpha value is -3.24. The van der Waals surface area contributed by atoms with E-state index in [4.69, 9.17) is 0 Å². The zero-order valence-corrected chi connectivity index (χ0v) is 28.5. The molecule has 0 fully saturated rings. The monoisotopic (exact) mass is 564 g/mol. The van der Waals surface area contributed by atoms with Gasteiger partial charge in [0, 0.05) is 42.7 Å². The third-order valence-corrected chi connectivity index (χ3v) is 4.20. The van der Waals surface area contributed by atoms with Crippen LogP contribution in [0.4, 0.5) is 0 Å². The van der Waals surface area contributed by atoms with Gasteiger partial charge in [0.1, 0.15) is 25.3 Å². The zero-order valence-electron chi connectivity index (χ0n) is 28.5. The fourth-order valence-electron chi connectivity index (χ4n) is 2.09. The molecule has 11 heteroatoms. The number of aromatic nitrogens is 9. The molecule has 0 aromatic carbocycles. The maximum absolute atomic E-state index is 3.92. The van der Waals surface area contributed by atoms with E-state index in [0.29, 0.717) is 24.0 Å². The Labute approximate surface area is 245 Å². The Bertz CT molecular complexity index is 772. The molecule has 11 nitrogen and oxygen atoms in total. The van der Waals surface area contributed by atoms with Crippen molar-refractivity contribution in [3.63, 3.8) is 0 Å². The highest BCUT2D eigenvalue weighted by atomic mass is 15.4. The number of hydrogen-bond acceptors (Lipinski definition) is 8. The lowest BCUT2D eigenvalue weighted by Crippen LogP contribution is -2.03. The summed E-state index contributed by atoms with van der Waals surface area (Å²) in [4.78, 5) is 3.80.